The fraction of sp³-hybridized carbons (Fsp3) is 0.667. The topological polar surface area (TPSA) is 73.3 Å². The van der Waals surface area contributed by atoms with Crippen LogP contribution in [0.5, 0.6) is 11.5 Å². The van der Waals surface area contributed by atoms with E-state index in [1.165, 1.54) is 0 Å². The normalized spacial score (nSPS) is 16.5. The van der Waals surface area contributed by atoms with Gasteiger partial charge in [-0.15, -0.1) is 0 Å². The zero-order chi connectivity index (χ0) is 20.0. The van der Waals surface area contributed by atoms with Crippen LogP contribution in [0.1, 0.15) is 33.1 Å². The zero-order valence-electron chi connectivity index (χ0n) is 17.4. The molecule has 1 saturated heterocycles. The van der Waals surface area contributed by atoms with E-state index in [-0.39, 0.29) is 6.10 Å². The second kappa shape index (κ2) is 13.2. The lowest BCUT2D eigenvalue weighted by molar-refractivity contribution is -0.0320. The van der Waals surface area contributed by atoms with Crippen LogP contribution in [-0.2, 0) is 9.47 Å². The van der Waals surface area contributed by atoms with Crippen molar-refractivity contribution in [1.82, 2.24) is 10.6 Å². The van der Waals surface area contributed by atoms with Crippen molar-refractivity contribution >= 4 is 5.96 Å². The highest BCUT2D eigenvalue weighted by Crippen LogP contribution is 2.26. The maximum Gasteiger partial charge on any atom is 0.191 e. The van der Waals surface area contributed by atoms with Gasteiger partial charge >= 0.3 is 0 Å². The molecule has 28 heavy (non-hydrogen) atoms. The van der Waals surface area contributed by atoms with Gasteiger partial charge in [0.1, 0.15) is 6.10 Å². The zero-order valence-corrected chi connectivity index (χ0v) is 17.4. The molecule has 1 aliphatic heterocycles. The van der Waals surface area contributed by atoms with Crippen molar-refractivity contribution in [2.45, 2.75) is 45.3 Å². The minimum absolute atomic E-state index is 0.0661. The molecule has 158 valence electrons. The molecule has 0 amide bonds. The maximum atomic E-state index is 5.96. The number of methoxy groups -OCH3 is 1. The predicted molar refractivity (Wildman–Crippen MR) is 111 cm³/mol. The van der Waals surface area contributed by atoms with Gasteiger partial charge < -0.3 is 29.6 Å². The van der Waals surface area contributed by atoms with Crippen molar-refractivity contribution in [1.29, 1.82) is 0 Å². The number of ether oxygens (including phenoxy) is 4. The van der Waals surface area contributed by atoms with E-state index in [0.717, 1.165) is 69.6 Å². The lowest BCUT2D eigenvalue weighted by Gasteiger charge is -2.22. The number of aliphatic imine (C=N–C) groups is 1. The van der Waals surface area contributed by atoms with E-state index in [4.69, 9.17) is 18.9 Å². The molecule has 0 bridgehead atoms. The van der Waals surface area contributed by atoms with Gasteiger partial charge in [-0.05, 0) is 45.2 Å². The van der Waals surface area contributed by atoms with Crippen LogP contribution in [-0.4, -0.2) is 64.7 Å². The molecule has 1 unspecified atom stereocenters. The number of nitrogens with one attached hydrogen (secondary N) is 2. The van der Waals surface area contributed by atoms with Gasteiger partial charge in [0.25, 0.3) is 0 Å². The largest absolute Gasteiger partial charge is 0.493 e. The Morgan fingerprint density at radius 3 is 2.68 bits per heavy atom. The number of rotatable bonds is 11. The molecular weight excluding hydrogens is 358 g/mol. The molecule has 7 nitrogen and oxygen atoms in total. The molecule has 1 aromatic rings. The Morgan fingerprint density at radius 1 is 1.21 bits per heavy atom. The van der Waals surface area contributed by atoms with Crippen LogP contribution >= 0.6 is 0 Å². The SMILES string of the molecule is CCNC(=NCC(C)Oc1ccccc1OC)NCCCOC1CCOCC1. The Labute approximate surface area is 168 Å². The highest BCUT2D eigenvalue weighted by atomic mass is 16.5. The first-order valence-corrected chi connectivity index (χ1v) is 10.2. The standard InChI is InChI=1S/C21H35N3O4/c1-4-22-21(23-12-7-13-27-18-10-14-26-15-11-18)24-16-17(2)28-20-9-6-5-8-19(20)25-3/h5-6,8-9,17-18H,4,7,10-16H2,1-3H3,(H2,22,23,24). The van der Waals surface area contributed by atoms with E-state index < -0.39 is 0 Å². The molecule has 2 rings (SSSR count). The van der Waals surface area contributed by atoms with E-state index in [1.54, 1.807) is 7.11 Å². The van der Waals surface area contributed by atoms with Gasteiger partial charge in [0.05, 0.1) is 19.8 Å². The van der Waals surface area contributed by atoms with Crippen LogP contribution in [0, 0.1) is 0 Å². The van der Waals surface area contributed by atoms with Crippen LogP contribution in [0.2, 0.25) is 0 Å². The summed E-state index contributed by atoms with van der Waals surface area (Å²) in [5.41, 5.74) is 0. The fourth-order valence-electron chi connectivity index (χ4n) is 2.90. The second-order valence-electron chi connectivity index (χ2n) is 6.76. The summed E-state index contributed by atoms with van der Waals surface area (Å²) < 4.78 is 22.5. The van der Waals surface area contributed by atoms with Gasteiger partial charge in [0, 0.05) is 32.9 Å². The monoisotopic (exact) mass is 393 g/mol. The van der Waals surface area contributed by atoms with Crippen molar-refractivity contribution in [2.75, 3.05) is 46.6 Å². The molecule has 1 aromatic carbocycles. The maximum absolute atomic E-state index is 5.96. The molecule has 0 spiro atoms. The van der Waals surface area contributed by atoms with Gasteiger partial charge in [0.15, 0.2) is 17.5 Å². The predicted octanol–water partition coefficient (Wildman–Crippen LogP) is 2.60. The van der Waals surface area contributed by atoms with Crippen molar-refractivity contribution in [3.63, 3.8) is 0 Å². The summed E-state index contributed by atoms with van der Waals surface area (Å²) >= 11 is 0. The van der Waals surface area contributed by atoms with Crippen molar-refractivity contribution in [2.24, 2.45) is 4.99 Å². The molecule has 2 N–H and O–H groups in total. The molecule has 0 aliphatic carbocycles. The highest BCUT2D eigenvalue weighted by Gasteiger charge is 2.13. The molecule has 0 radical (unpaired) electrons. The minimum Gasteiger partial charge on any atom is -0.493 e. The van der Waals surface area contributed by atoms with Crippen LogP contribution in [0.25, 0.3) is 0 Å². The molecule has 7 heteroatoms. The average molecular weight is 394 g/mol. The third-order valence-corrected chi connectivity index (χ3v) is 4.38. The Balaban J connectivity index is 1.69. The summed E-state index contributed by atoms with van der Waals surface area (Å²) in [6, 6.07) is 7.65. The van der Waals surface area contributed by atoms with Crippen LogP contribution < -0.4 is 20.1 Å². The highest BCUT2D eigenvalue weighted by molar-refractivity contribution is 5.79. The Kier molecular flexibility index (Phi) is 10.5. The molecular formula is C21H35N3O4. The smallest absolute Gasteiger partial charge is 0.191 e. The Bertz CT molecular complexity index is 577. The first-order valence-electron chi connectivity index (χ1n) is 10.2. The fourth-order valence-corrected chi connectivity index (χ4v) is 2.90. The number of benzene rings is 1. The molecule has 1 fully saturated rings. The third-order valence-electron chi connectivity index (χ3n) is 4.38. The number of para-hydroxylation sites is 2. The van der Waals surface area contributed by atoms with Crippen LogP contribution in [0.4, 0.5) is 0 Å². The summed E-state index contributed by atoms with van der Waals surface area (Å²) in [4.78, 5) is 4.62. The van der Waals surface area contributed by atoms with Crippen molar-refractivity contribution in [3.8, 4) is 11.5 Å². The lowest BCUT2D eigenvalue weighted by atomic mass is 10.1. The summed E-state index contributed by atoms with van der Waals surface area (Å²) in [5.74, 6) is 2.26. The summed E-state index contributed by atoms with van der Waals surface area (Å²) in [6.45, 7) is 8.62. The number of hydrogen-bond acceptors (Lipinski definition) is 5. The number of nitrogens with zero attached hydrogens (tertiary/aromatic N) is 1. The minimum atomic E-state index is -0.0661. The van der Waals surface area contributed by atoms with E-state index in [1.807, 2.05) is 31.2 Å². The van der Waals surface area contributed by atoms with Gasteiger partial charge in [0.2, 0.25) is 0 Å². The van der Waals surface area contributed by atoms with E-state index in [0.29, 0.717) is 12.6 Å². The number of hydrogen-bond donors (Lipinski definition) is 2. The molecule has 0 aromatic heterocycles. The van der Waals surface area contributed by atoms with Gasteiger partial charge in [-0.2, -0.15) is 0 Å². The summed E-state index contributed by atoms with van der Waals surface area (Å²) in [6.07, 6.45) is 3.23. The Hall–Kier alpha value is -1.99. The molecule has 1 atom stereocenters. The summed E-state index contributed by atoms with van der Waals surface area (Å²) in [5, 5.41) is 6.62. The van der Waals surface area contributed by atoms with Crippen LogP contribution in [0.3, 0.4) is 0 Å². The van der Waals surface area contributed by atoms with Crippen molar-refractivity contribution in [3.05, 3.63) is 24.3 Å². The van der Waals surface area contributed by atoms with Gasteiger partial charge in [-0.3, -0.25) is 0 Å². The van der Waals surface area contributed by atoms with Crippen molar-refractivity contribution < 1.29 is 18.9 Å². The summed E-state index contributed by atoms with van der Waals surface area (Å²) in [7, 11) is 1.64. The first-order chi connectivity index (χ1) is 13.7. The quantitative estimate of drug-likeness (QED) is 0.342. The second-order valence-corrected chi connectivity index (χ2v) is 6.76. The molecule has 0 saturated carbocycles. The van der Waals surface area contributed by atoms with E-state index in [2.05, 4.69) is 22.5 Å². The molecule has 1 aliphatic rings. The van der Waals surface area contributed by atoms with Gasteiger partial charge in [-0.25, -0.2) is 4.99 Å². The van der Waals surface area contributed by atoms with E-state index >= 15 is 0 Å². The lowest BCUT2D eigenvalue weighted by Crippen LogP contribution is -2.39. The van der Waals surface area contributed by atoms with E-state index in [9.17, 15) is 0 Å². The van der Waals surface area contributed by atoms with Gasteiger partial charge in [-0.1, -0.05) is 12.1 Å². The molecule has 1 heterocycles. The average Bonchev–Trinajstić information content (AvgIpc) is 2.73. The third kappa shape index (κ3) is 8.35. The van der Waals surface area contributed by atoms with Crippen LogP contribution in [0.15, 0.2) is 29.3 Å². The number of guanidine groups is 1. The first kappa shape index (κ1) is 22.3. The Morgan fingerprint density at radius 2 is 1.96 bits per heavy atom.